The molecule has 0 aliphatic heterocycles. The number of hydrogen-bond donors (Lipinski definition) is 1. The molecule has 0 spiro atoms. The largest absolute Gasteiger partial charge is 0.487 e. The van der Waals surface area contributed by atoms with Gasteiger partial charge >= 0.3 is 5.97 Å². The molecule has 140 valence electrons. The summed E-state index contributed by atoms with van der Waals surface area (Å²) in [6.07, 6.45) is 3.03. The number of nitrogens with one attached hydrogen (secondary N) is 1. The number of anilines is 1. The van der Waals surface area contributed by atoms with Gasteiger partial charge in [-0.15, -0.1) is 0 Å². The van der Waals surface area contributed by atoms with Gasteiger partial charge in [-0.1, -0.05) is 20.8 Å². The predicted molar refractivity (Wildman–Crippen MR) is 97.4 cm³/mol. The highest BCUT2D eigenvalue weighted by Gasteiger charge is 2.40. The van der Waals surface area contributed by atoms with E-state index in [0.29, 0.717) is 11.4 Å². The maximum atomic E-state index is 12.8. The summed E-state index contributed by atoms with van der Waals surface area (Å²) in [4.78, 5) is 29.4. The van der Waals surface area contributed by atoms with Crippen LogP contribution in [0, 0.1) is 11.3 Å². The Kier molecular flexibility index (Phi) is 6.57. The molecule has 1 aromatic heterocycles. The highest BCUT2D eigenvalue weighted by atomic mass is 16.6. The van der Waals surface area contributed by atoms with E-state index < -0.39 is 28.8 Å². The van der Waals surface area contributed by atoms with Gasteiger partial charge in [0.1, 0.15) is 11.5 Å². The van der Waals surface area contributed by atoms with Crippen molar-refractivity contribution in [2.75, 3.05) is 5.32 Å². The van der Waals surface area contributed by atoms with Gasteiger partial charge in [-0.05, 0) is 46.1 Å². The fourth-order valence-corrected chi connectivity index (χ4v) is 2.25. The minimum atomic E-state index is -0.952. The molecule has 0 aromatic carbocycles. The van der Waals surface area contributed by atoms with Gasteiger partial charge in [0, 0.05) is 6.20 Å². The Hall–Kier alpha value is -2.11. The first-order valence-corrected chi connectivity index (χ1v) is 8.45. The maximum absolute atomic E-state index is 12.8. The molecule has 0 saturated carbocycles. The van der Waals surface area contributed by atoms with Gasteiger partial charge in [0.2, 0.25) is 5.91 Å². The van der Waals surface area contributed by atoms with Crippen molar-refractivity contribution >= 4 is 17.6 Å². The van der Waals surface area contributed by atoms with Gasteiger partial charge in [-0.3, -0.25) is 14.6 Å². The lowest BCUT2D eigenvalue weighted by Crippen LogP contribution is -2.42. The number of carbonyl (C=O) groups is 2. The second-order valence-corrected chi connectivity index (χ2v) is 8.36. The first kappa shape index (κ1) is 20.9. The number of esters is 1. The van der Waals surface area contributed by atoms with E-state index in [9.17, 15) is 9.59 Å². The third-order valence-electron chi connectivity index (χ3n) is 3.18. The summed E-state index contributed by atoms with van der Waals surface area (Å²) in [7, 11) is 0. The second-order valence-electron chi connectivity index (χ2n) is 8.36. The molecule has 1 heterocycles. The highest BCUT2D eigenvalue weighted by Crippen LogP contribution is 2.31. The minimum Gasteiger partial charge on any atom is -0.487 e. The zero-order valence-corrected chi connectivity index (χ0v) is 16.5. The van der Waals surface area contributed by atoms with E-state index >= 15 is 0 Å². The van der Waals surface area contributed by atoms with Crippen molar-refractivity contribution in [2.45, 2.75) is 67.1 Å². The number of rotatable bonds is 5. The summed E-state index contributed by atoms with van der Waals surface area (Å²) >= 11 is 0. The monoisotopic (exact) mass is 350 g/mol. The second kappa shape index (κ2) is 7.85. The van der Waals surface area contributed by atoms with Crippen LogP contribution in [0.1, 0.15) is 55.4 Å². The van der Waals surface area contributed by atoms with Crippen LogP contribution >= 0.6 is 0 Å². The Bertz CT molecular complexity index is 613. The normalized spacial score (nSPS) is 13.3. The van der Waals surface area contributed by atoms with Gasteiger partial charge in [0.25, 0.3) is 0 Å². The van der Waals surface area contributed by atoms with E-state index in [1.807, 2.05) is 34.6 Å². The van der Waals surface area contributed by atoms with Crippen LogP contribution in [0.3, 0.4) is 0 Å². The van der Waals surface area contributed by atoms with E-state index in [0.717, 1.165) is 0 Å². The molecule has 25 heavy (non-hydrogen) atoms. The molecule has 1 rings (SSSR count). The Balaban J connectivity index is 3.07. The summed E-state index contributed by atoms with van der Waals surface area (Å²) in [6, 6.07) is 1.64. The van der Waals surface area contributed by atoms with Crippen LogP contribution < -0.4 is 10.1 Å². The molecule has 0 fully saturated rings. The first-order valence-electron chi connectivity index (χ1n) is 8.45. The van der Waals surface area contributed by atoms with Crippen LogP contribution in [0.4, 0.5) is 5.69 Å². The summed E-state index contributed by atoms with van der Waals surface area (Å²) in [5.74, 6) is -1.46. The highest BCUT2D eigenvalue weighted by molar-refractivity contribution is 6.06. The van der Waals surface area contributed by atoms with Crippen LogP contribution in [0.25, 0.3) is 0 Å². The number of ether oxygens (including phenoxy) is 2. The van der Waals surface area contributed by atoms with E-state index in [-0.39, 0.29) is 6.10 Å². The molecule has 1 aromatic rings. The molecule has 0 saturated heterocycles. The Morgan fingerprint density at radius 3 is 2.20 bits per heavy atom. The van der Waals surface area contributed by atoms with Crippen molar-refractivity contribution in [3.63, 3.8) is 0 Å². The molecule has 1 N–H and O–H groups in total. The first-order chi connectivity index (χ1) is 11.3. The van der Waals surface area contributed by atoms with Crippen molar-refractivity contribution in [1.82, 2.24) is 4.98 Å². The van der Waals surface area contributed by atoms with E-state index in [1.165, 1.54) is 6.20 Å². The number of nitrogens with zero attached hydrogens (tertiary/aromatic N) is 1. The zero-order valence-electron chi connectivity index (χ0n) is 16.5. The standard InChI is InChI=1S/C19H30N2O4/c1-12(2)24-14-11-20-10-9-13(14)21-16(22)15(18(3,4)5)17(23)25-19(6,7)8/h9-12,15H,1-8H3,(H,20,21,22). The Labute approximate surface area is 150 Å². The molecule has 0 radical (unpaired) electrons. The third kappa shape index (κ3) is 6.72. The molecule has 6 nitrogen and oxygen atoms in total. The zero-order chi connectivity index (χ0) is 19.4. The van der Waals surface area contributed by atoms with E-state index in [2.05, 4.69) is 10.3 Å². The van der Waals surface area contributed by atoms with Crippen LogP contribution in [0.5, 0.6) is 5.75 Å². The SMILES string of the molecule is CC(C)Oc1cnccc1NC(=O)C(C(=O)OC(C)(C)C)C(C)(C)C. The van der Waals surface area contributed by atoms with Crippen LogP contribution in [0.15, 0.2) is 18.5 Å². The summed E-state index contributed by atoms with van der Waals surface area (Å²) in [6.45, 7) is 14.6. The minimum absolute atomic E-state index is 0.0656. The molecule has 0 aliphatic carbocycles. The van der Waals surface area contributed by atoms with Gasteiger partial charge < -0.3 is 14.8 Å². The van der Waals surface area contributed by atoms with Crippen LogP contribution in [0.2, 0.25) is 0 Å². The lowest BCUT2D eigenvalue weighted by Gasteiger charge is -2.31. The summed E-state index contributed by atoms with van der Waals surface area (Å²) in [5.41, 5.74) is -0.784. The van der Waals surface area contributed by atoms with Crippen molar-refractivity contribution in [2.24, 2.45) is 11.3 Å². The van der Waals surface area contributed by atoms with Gasteiger partial charge in [-0.25, -0.2) is 0 Å². The number of pyridine rings is 1. The molecule has 1 atom stereocenters. The fraction of sp³-hybridized carbons (Fsp3) is 0.632. The van der Waals surface area contributed by atoms with Crippen molar-refractivity contribution in [1.29, 1.82) is 0 Å². The quantitative estimate of drug-likeness (QED) is 0.645. The smallest absolute Gasteiger partial charge is 0.319 e. The van der Waals surface area contributed by atoms with Crippen LogP contribution in [-0.2, 0) is 14.3 Å². The topological polar surface area (TPSA) is 77.5 Å². The number of amides is 1. The predicted octanol–water partition coefficient (Wildman–Crippen LogP) is 3.81. The third-order valence-corrected chi connectivity index (χ3v) is 3.18. The lowest BCUT2D eigenvalue weighted by atomic mass is 9.80. The summed E-state index contributed by atoms with van der Waals surface area (Å²) in [5, 5.41) is 2.78. The average Bonchev–Trinajstić information content (AvgIpc) is 2.36. The average molecular weight is 350 g/mol. The Morgan fingerprint density at radius 2 is 1.72 bits per heavy atom. The molecule has 6 heteroatoms. The maximum Gasteiger partial charge on any atom is 0.319 e. The van der Waals surface area contributed by atoms with Crippen molar-refractivity contribution in [3.8, 4) is 5.75 Å². The van der Waals surface area contributed by atoms with Crippen molar-refractivity contribution in [3.05, 3.63) is 18.5 Å². The van der Waals surface area contributed by atoms with E-state index in [4.69, 9.17) is 9.47 Å². The number of hydrogen-bond acceptors (Lipinski definition) is 5. The van der Waals surface area contributed by atoms with Crippen LogP contribution in [-0.4, -0.2) is 28.6 Å². The molecule has 1 unspecified atom stereocenters. The number of aromatic nitrogens is 1. The van der Waals surface area contributed by atoms with E-state index in [1.54, 1.807) is 33.0 Å². The Morgan fingerprint density at radius 1 is 1.12 bits per heavy atom. The molecule has 1 amide bonds. The molecule has 0 bridgehead atoms. The molecule has 0 aliphatic rings. The fourth-order valence-electron chi connectivity index (χ4n) is 2.25. The van der Waals surface area contributed by atoms with Gasteiger partial charge in [0.15, 0.2) is 5.75 Å². The molecular formula is C19H30N2O4. The number of carbonyl (C=O) groups excluding carboxylic acids is 2. The lowest BCUT2D eigenvalue weighted by molar-refractivity contribution is -0.165. The van der Waals surface area contributed by atoms with Gasteiger partial charge in [0.05, 0.1) is 18.0 Å². The molecular weight excluding hydrogens is 320 g/mol. The van der Waals surface area contributed by atoms with Crippen molar-refractivity contribution < 1.29 is 19.1 Å². The summed E-state index contributed by atoms with van der Waals surface area (Å²) < 4.78 is 11.1. The van der Waals surface area contributed by atoms with Gasteiger partial charge in [-0.2, -0.15) is 0 Å².